The number of aryl methyl sites for hydroxylation is 1. The molecule has 1 N–H and O–H groups in total. The molecule has 7 heteroatoms. The molecular weight excluding hydrogens is 436 g/mol. The molecule has 2 atom stereocenters. The van der Waals surface area contributed by atoms with Gasteiger partial charge in [0, 0.05) is 5.56 Å². The van der Waals surface area contributed by atoms with Crippen molar-refractivity contribution in [3.05, 3.63) is 102 Å². The normalized spacial score (nSPS) is 19.3. The molecule has 0 saturated heterocycles. The first-order valence-corrected chi connectivity index (χ1v) is 12.2. The number of carbonyl (C=O) groups is 1. The van der Waals surface area contributed by atoms with E-state index >= 15 is 0 Å². The molecule has 0 aliphatic carbocycles. The maximum Gasteiger partial charge on any atom is 0.343 e. The van der Waals surface area contributed by atoms with E-state index in [0.29, 0.717) is 11.1 Å². The second-order valence-electron chi connectivity index (χ2n) is 8.43. The molecule has 1 unspecified atom stereocenters. The average molecular weight is 463 g/mol. The van der Waals surface area contributed by atoms with E-state index in [1.807, 2.05) is 45.0 Å². The predicted molar refractivity (Wildman–Crippen MR) is 127 cm³/mol. The smallest absolute Gasteiger partial charge is 0.343 e. The van der Waals surface area contributed by atoms with Crippen molar-refractivity contribution in [1.29, 1.82) is 0 Å². The van der Waals surface area contributed by atoms with Gasteiger partial charge in [-0.05, 0) is 42.7 Å². The van der Waals surface area contributed by atoms with Gasteiger partial charge in [-0.1, -0.05) is 80.1 Å². The molecule has 170 valence electrons. The van der Waals surface area contributed by atoms with E-state index in [1.54, 1.807) is 60.7 Å². The summed E-state index contributed by atoms with van der Waals surface area (Å²) in [5, 5.41) is 0. The Hall–Kier alpha value is -3.29. The van der Waals surface area contributed by atoms with Crippen LogP contribution in [0.1, 0.15) is 36.6 Å². The van der Waals surface area contributed by atoms with Crippen LogP contribution >= 0.6 is 0 Å². The Balaban J connectivity index is 1.86. The van der Waals surface area contributed by atoms with E-state index < -0.39 is 27.6 Å². The van der Waals surface area contributed by atoms with Gasteiger partial charge in [0.15, 0.2) is 5.54 Å². The van der Waals surface area contributed by atoms with Crippen LogP contribution in [0.5, 0.6) is 0 Å². The zero-order valence-electron chi connectivity index (χ0n) is 18.7. The summed E-state index contributed by atoms with van der Waals surface area (Å²) >= 11 is 0. The maximum absolute atomic E-state index is 13.4. The Morgan fingerprint density at radius 1 is 0.879 bits per heavy atom. The summed E-state index contributed by atoms with van der Waals surface area (Å²) in [5.41, 5.74) is 0.742. The van der Waals surface area contributed by atoms with Crippen molar-refractivity contribution < 1.29 is 17.9 Å². The van der Waals surface area contributed by atoms with Gasteiger partial charge < -0.3 is 4.74 Å². The fourth-order valence-electron chi connectivity index (χ4n) is 3.99. The SMILES string of the molecule is Cc1ccc(S(=O)(=O)NC(c2ccccc2)[C@@]2(C(C)C)N=C(c3ccccc3)OC2=O)cc1. The van der Waals surface area contributed by atoms with Gasteiger partial charge in [0.1, 0.15) is 0 Å². The van der Waals surface area contributed by atoms with Gasteiger partial charge in [0.2, 0.25) is 15.9 Å². The Morgan fingerprint density at radius 3 is 2.03 bits per heavy atom. The zero-order valence-corrected chi connectivity index (χ0v) is 19.5. The summed E-state index contributed by atoms with van der Waals surface area (Å²) in [5.74, 6) is -0.765. The molecule has 33 heavy (non-hydrogen) atoms. The highest BCUT2D eigenvalue weighted by Crippen LogP contribution is 2.42. The summed E-state index contributed by atoms with van der Waals surface area (Å²) in [6, 6.07) is 23.7. The van der Waals surface area contributed by atoms with E-state index in [-0.39, 0.29) is 16.7 Å². The van der Waals surface area contributed by atoms with Gasteiger partial charge in [0.05, 0.1) is 10.9 Å². The van der Waals surface area contributed by atoms with Crippen LogP contribution in [0.2, 0.25) is 0 Å². The molecule has 0 fully saturated rings. The topological polar surface area (TPSA) is 84.8 Å². The fourth-order valence-corrected chi connectivity index (χ4v) is 5.25. The standard InChI is InChI=1S/C26H26N2O4S/c1-18(2)26(25(29)32-24(27-26)21-12-8-5-9-13-21)23(20-10-6-4-7-11-20)28-33(30,31)22-16-14-19(3)15-17-22/h4-18,23,28H,1-3H3/t23?,26-/m1/s1. The molecule has 0 radical (unpaired) electrons. The number of esters is 1. The summed E-state index contributed by atoms with van der Waals surface area (Å²) in [4.78, 5) is 18.3. The van der Waals surface area contributed by atoms with Crippen molar-refractivity contribution in [2.45, 2.75) is 37.2 Å². The molecule has 0 saturated carbocycles. The van der Waals surface area contributed by atoms with E-state index in [1.165, 1.54) is 0 Å². The number of sulfonamides is 1. The van der Waals surface area contributed by atoms with E-state index in [9.17, 15) is 13.2 Å². The first-order chi connectivity index (χ1) is 15.7. The van der Waals surface area contributed by atoms with Crippen LogP contribution in [0.25, 0.3) is 0 Å². The Kier molecular flexibility index (Phi) is 6.19. The summed E-state index contributed by atoms with van der Waals surface area (Å²) in [6.45, 7) is 5.57. The first-order valence-electron chi connectivity index (χ1n) is 10.8. The van der Waals surface area contributed by atoms with E-state index in [0.717, 1.165) is 5.56 Å². The predicted octanol–water partition coefficient (Wildman–Crippen LogP) is 4.41. The van der Waals surface area contributed by atoms with Crippen LogP contribution in [0.3, 0.4) is 0 Å². The van der Waals surface area contributed by atoms with Crippen LogP contribution in [0, 0.1) is 12.8 Å². The van der Waals surface area contributed by atoms with Crippen molar-refractivity contribution in [2.24, 2.45) is 10.9 Å². The first kappa shape index (κ1) is 22.9. The van der Waals surface area contributed by atoms with Crippen LogP contribution in [0.4, 0.5) is 0 Å². The second-order valence-corrected chi connectivity index (χ2v) is 10.1. The fraction of sp³-hybridized carbons (Fsp3) is 0.231. The van der Waals surface area contributed by atoms with Gasteiger partial charge >= 0.3 is 5.97 Å². The molecule has 0 amide bonds. The van der Waals surface area contributed by atoms with Crippen molar-refractivity contribution in [2.75, 3.05) is 0 Å². The molecule has 6 nitrogen and oxygen atoms in total. The van der Waals surface area contributed by atoms with Gasteiger partial charge in [-0.2, -0.15) is 0 Å². The minimum Gasteiger partial charge on any atom is -0.405 e. The third-order valence-electron chi connectivity index (χ3n) is 5.88. The summed E-state index contributed by atoms with van der Waals surface area (Å²) in [6.07, 6.45) is 0. The number of rotatable bonds is 7. The number of carbonyl (C=O) groups excluding carboxylic acids is 1. The molecule has 1 heterocycles. The molecular formula is C26H26N2O4S. The number of cyclic esters (lactones) is 1. The number of hydrogen-bond acceptors (Lipinski definition) is 5. The van der Waals surface area contributed by atoms with Gasteiger partial charge in [-0.15, -0.1) is 0 Å². The van der Waals surface area contributed by atoms with Crippen LogP contribution in [0.15, 0.2) is 94.8 Å². The highest BCUT2D eigenvalue weighted by Gasteiger charge is 2.56. The monoisotopic (exact) mass is 462 g/mol. The molecule has 1 aliphatic rings. The lowest BCUT2D eigenvalue weighted by molar-refractivity contribution is -0.141. The Morgan fingerprint density at radius 2 is 1.45 bits per heavy atom. The van der Waals surface area contributed by atoms with E-state index in [4.69, 9.17) is 9.73 Å². The minimum absolute atomic E-state index is 0.117. The number of benzene rings is 3. The van der Waals surface area contributed by atoms with Gasteiger partial charge in [-0.25, -0.2) is 22.9 Å². The van der Waals surface area contributed by atoms with Crippen molar-refractivity contribution in [3.63, 3.8) is 0 Å². The largest absolute Gasteiger partial charge is 0.405 e. The molecule has 0 bridgehead atoms. The average Bonchev–Trinajstić information content (AvgIpc) is 3.17. The molecule has 4 rings (SSSR count). The zero-order chi connectivity index (χ0) is 23.6. The van der Waals surface area contributed by atoms with Gasteiger partial charge in [0.25, 0.3) is 0 Å². The molecule has 1 aliphatic heterocycles. The van der Waals surface area contributed by atoms with Crippen molar-refractivity contribution in [3.8, 4) is 0 Å². The van der Waals surface area contributed by atoms with Crippen LogP contribution < -0.4 is 4.72 Å². The number of aliphatic imine (C=N–C) groups is 1. The number of hydrogen-bond donors (Lipinski definition) is 1. The Labute approximate surface area is 194 Å². The highest BCUT2D eigenvalue weighted by atomic mass is 32.2. The lowest BCUT2D eigenvalue weighted by atomic mass is 9.78. The highest BCUT2D eigenvalue weighted by molar-refractivity contribution is 7.89. The molecule has 0 spiro atoms. The quantitative estimate of drug-likeness (QED) is 0.527. The lowest BCUT2D eigenvalue weighted by Gasteiger charge is -2.35. The molecule has 3 aromatic rings. The third-order valence-corrected chi connectivity index (χ3v) is 7.32. The molecule has 3 aromatic carbocycles. The number of nitrogens with one attached hydrogen (secondary N) is 1. The number of ether oxygens (including phenoxy) is 1. The van der Waals surface area contributed by atoms with Crippen molar-refractivity contribution in [1.82, 2.24) is 4.72 Å². The molecule has 0 aromatic heterocycles. The number of nitrogens with zero attached hydrogens (tertiary/aromatic N) is 1. The third kappa shape index (κ3) is 4.34. The summed E-state index contributed by atoms with van der Waals surface area (Å²) in [7, 11) is -3.97. The maximum atomic E-state index is 13.4. The minimum atomic E-state index is -3.97. The second kappa shape index (κ2) is 8.92. The van der Waals surface area contributed by atoms with Gasteiger partial charge in [-0.3, -0.25) is 0 Å². The van der Waals surface area contributed by atoms with Crippen LogP contribution in [-0.4, -0.2) is 25.8 Å². The summed E-state index contributed by atoms with van der Waals surface area (Å²) < 4.78 is 35.2. The lowest BCUT2D eigenvalue weighted by Crippen LogP contribution is -2.52. The Bertz CT molecular complexity index is 1270. The van der Waals surface area contributed by atoms with Crippen LogP contribution in [-0.2, 0) is 19.6 Å². The van der Waals surface area contributed by atoms with Crippen molar-refractivity contribution >= 4 is 21.9 Å². The van der Waals surface area contributed by atoms with E-state index in [2.05, 4.69) is 4.72 Å².